The van der Waals surface area contributed by atoms with Crippen molar-refractivity contribution in [2.45, 2.75) is 127 Å². The highest BCUT2D eigenvalue weighted by Gasteiger charge is 2.47. The summed E-state index contributed by atoms with van der Waals surface area (Å²) >= 11 is 0. The number of hydrogen-bond acceptors (Lipinski definition) is 10. The molecule has 8 rings (SSSR count). The second-order valence-corrected chi connectivity index (χ2v) is 28.4. The third-order valence-corrected chi connectivity index (χ3v) is 22.3. The fourth-order valence-electron chi connectivity index (χ4n) is 7.90. The number of nitrogens with one attached hydrogen (secondary N) is 2. The molecule has 5 N–H and O–H groups in total. The Labute approximate surface area is 328 Å². The summed E-state index contributed by atoms with van der Waals surface area (Å²) in [5.41, 5.74) is 1.11. The molecule has 2 aliphatic rings. The zero-order chi connectivity index (χ0) is 40.3. The molecule has 2 aromatic heterocycles. The monoisotopic (exact) mass is 797 g/mol. The Balaban J connectivity index is 1.17. The minimum atomic E-state index is -2.21. The summed E-state index contributed by atoms with van der Waals surface area (Å²) in [7, 11) is -4.32. The largest absolute Gasteiger partial charge is 0.414 e. The zero-order valence-corrected chi connectivity index (χ0v) is 36.0. The third kappa shape index (κ3) is 6.38. The quantitative estimate of drug-likeness (QED) is 0.0764. The molecule has 1 fully saturated rings. The van der Waals surface area contributed by atoms with Crippen LogP contribution in [0.4, 0.5) is 5.95 Å². The number of H-pyrrole nitrogens is 1. The van der Waals surface area contributed by atoms with Gasteiger partial charge in [0.25, 0.3) is 5.56 Å². The summed E-state index contributed by atoms with van der Waals surface area (Å²) in [5.74, 6) is 0.0819. The second-order valence-electron chi connectivity index (χ2n) is 18.9. The Morgan fingerprint density at radius 2 is 1.57 bits per heavy atom. The van der Waals surface area contributed by atoms with E-state index in [4.69, 9.17) is 18.6 Å². The van der Waals surface area contributed by atoms with Crippen LogP contribution in [0.1, 0.15) is 77.5 Å². The van der Waals surface area contributed by atoms with Gasteiger partial charge in [0.1, 0.15) is 30.6 Å². The minimum Gasteiger partial charge on any atom is -0.414 e. The molecule has 14 heteroatoms. The van der Waals surface area contributed by atoms with E-state index >= 15 is 0 Å². The van der Waals surface area contributed by atoms with E-state index in [0.717, 1.165) is 32.3 Å². The maximum absolute atomic E-state index is 13.6. The van der Waals surface area contributed by atoms with Crippen LogP contribution < -0.4 is 10.9 Å². The van der Waals surface area contributed by atoms with Crippen LogP contribution >= 0.6 is 0 Å². The van der Waals surface area contributed by atoms with Crippen LogP contribution in [-0.4, -0.2) is 82.5 Å². The molecule has 56 heavy (non-hydrogen) atoms. The molecule has 0 amide bonds. The molecular formula is C42H55N5O7Si2. The Morgan fingerprint density at radius 3 is 2.25 bits per heavy atom. The first-order valence-corrected chi connectivity index (χ1v) is 25.4. The van der Waals surface area contributed by atoms with Gasteiger partial charge in [0, 0.05) is 6.42 Å². The average molecular weight is 798 g/mol. The van der Waals surface area contributed by atoms with Crippen molar-refractivity contribution in [2.24, 2.45) is 0 Å². The maximum atomic E-state index is 13.6. The van der Waals surface area contributed by atoms with Gasteiger partial charge in [-0.3, -0.25) is 14.3 Å². The van der Waals surface area contributed by atoms with Gasteiger partial charge in [-0.05, 0) is 85.8 Å². The van der Waals surface area contributed by atoms with Gasteiger partial charge in [0.05, 0.1) is 25.1 Å². The van der Waals surface area contributed by atoms with Crippen molar-refractivity contribution in [3.8, 4) is 0 Å². The number of aliphatic hydroxyl groups excluding tert-OH is 3. The molecule has 0 saturated carbocycles. The highest BCUT2D eigenvalue weighted by Crippen LogP contribution is 2.47. The number of hydrogen-bond donors (Lipinski definition) is 5. The predicted molar refractivity (Wildman–Crippen MR) is 225 cm³/mol. The number of aliphatic hydroxyl groups is 3. The Kier molecular flexibility index (Phi) is 9.37. The molecule has 1 aliphatic carbocycles. The fraction of sp³-hybridized carbons (Fsp3) is 0.500. The number of rotatable bonds is 8. The lowest BCUT2D eigenvalue weighted by Gasteiger charge is -2.40. The van der Waals surface area contributed by atoms with E-state index in [1.165, 1.54) is 0 Å². The van der Waals surface area contributed by atoms with Gasteiger partial charge in [0.15, 0.2) is 27.8 Å². The number of ether oxygens (including phenoxy) is 1. The standard InChI is InChI=1S/C42H55N5O7Si2/c1-41(2,3)55(7,8)52-20-28-27(54-56(9,10)42(4,5)6)19-29(53-28)47-21-43-34-38(47)45-40(46-39(34)51)44-33-32-25-17-16-23-13-11-12-22-14-15-24(31(25)30(22)23)18-26(32)35(48)37(50)36(33)49/h11-18,21,27-29,33,35-37,48-50H,19-20H2,1-10H3,(H2,44,45,46,51)/t27-,28+,29+,33+,35+,36+,37-/m0/s1. The maximum Gasteiger partial charge on any atom is 0.280 e. The molecule has 0 spiro atoms. The molecular weight excluding hydrogens is 743 g/mol. The van der Waals surface area contributed by atoms with Crippen molar-refractivity contribution in [1.29, 1.82) is 0 Å². The van der Waals surface area contributed by atoms with Gasteiger partial charge in [-0.1, -0.05) is 84.0 Å². The van der Waals surface area contributed by atoms with Crippen LogP contribution in [0.3, 0.4) is 0 Å². The van der Waals surface area contributed by atoms with Crippen molar-refractivity contribution in [3.05, 3.63) is 76.3 Å². The van der Waals surface area contributed by atoms with E-state index in [2.05, 4.69) is 101 Å². The van der Waals surface area contributed by atoms with Gasteiger partial charge >= 0.3 is 0 Å². The van der Waals surface area contributed by atoms with Crippen LogP contribution in [0.5, 0.6) is 0 Å². The molecule has 4 aromatic carbocycles. The molecule has 3 heterocycles. The van der Waals surface area contributed by atoms with Crippen LogP contribution in [0.15, 0.2) is 59.7 Å². The summed E-state index contributed by atoms with van der Waals surface area (Å²) in [4.78, 5) is 25.8. The van der Waals surface area contributed by atoms with Crippen LogP contribution in [0.2, 0.25) is 36.3 Å². The molecule has 0 bridgehead atoms. The van der Waals surface area contributed by atoms with Crippen molar-refractivity contribution in [2.75, 3.05) is 11.9 Å². The molecule has 298 valence electrons. The highest BCUT2D eigenvalue weighted by atomic mass is 28.4. The number of nitrogens with zero attached hydrogens (tertiary/aromatic N) is 3. The normalized spacial score (nSPS) is 25.2. The average Bonchev–Trinajstić information content (AvgIpc) is 3.73. The molecule has 0 radical (unpaired) electrons. The molecule has 6 aromatic rings. The predicted octanol–water partition coefficient (Wildman–Crippen LogP) is 7.64. The number of fused-ring (bicyclic) bond motifs is 3. The number of imidazole rings is 1. The van der Waals surface area contributed by atoms with Crippen LogP contribution in [0, 0.1) is 0 Å². The molecule has 1 saturated heterocycles. The first kappa shape index (κ1) is 39.1. The van der Waals surface area contributed by atoms with E-state index < -0.39 is 52.8 Å². The van der Waals surface area contributed by atoms with E-state index in [-0.39, 0.29) is 33.7 Å². The SMILES string of the molecule is CC(C)(C)[Si](C)(C)OC[C@H]1O[C@@H](n2cnc3c(=O)[nH]c(N[C@@H]4c5c(cc6ccc7cccc8ccc5c6c78)[C@@H](O)[C@H](O)[C@@H]4O)nc32)C[C@@H]1O[Si](C)(C)C(C)(C)C. The number of aromatic amines is 1. The van der Waals surface area contributed by atoms with Crippen molar-refractivity contribution < 1.29 is 28.9 Å². The lowest BCUT2D eigenvalue weighted by atomic mass is 9.77. The van der Waals surface area contributed by atoms with Gasteiger partial charge in [-0.2, -0.15) is 4.98 Å². The van der Waals surface area contributed by atoms with Crippen molar-refractivity contribution in [3.63, 3.8) is 0 Å². The van der Waals surface area contributed by atoms with Crippen molar-refractivity contribution >= 4 is 66.1 Å². The van der Waals surface area contributed by atoms with E-state index in [1.807, 2.05) is 30.3 Å². The Morgan fingerprint density at radius 1 is 0.911 bits per heavy atom. The van der Waals surface area contributed by atoms with Gasteiger partial charge in [0.2, 0.25) is 5.95 Å². The summed E-state index contributed by atoms with van der Waals surface area (Å²) in [6, 6.07) is 15.2. The van der Waals surface area contributed by atoms with E-state index in [9.17, 15) is 20.1 Å². The first-order chi connectivity index (χ1) is 26.2. The van der Waals surface area contributed by atoms with Crippen LogP contribution in [0.25, 0.3) is 43.5 Å². The highest BCUT2D eigenvalue weighted by molar-refractivity contribution is 6.74. The molecule has 0 unspecified atom stereocenters. The summed E-state index contributed by atoms with van der Waals surface area (Å²) in [5, 5.41) is 43.3. The second kappa shape index (κ2) is 13.4. The topological polar surface area (TPSA) is 164 Å². The molecule has 7 atom stereocenters. The summed E-state index contributed by atoms with van der Waals surface area (Å²) < 4.78 is 22.2. The van der Waals surface area contributed by atoms with Crippen LogP contribution in [-0.2, 0) is 13.6 Å². The first-order valence-electron chi connectivity index (χ1n) is 19.6. The minimum absolute atomic E-state index is 0.0189. The number of aromatic nitrogens is 4. The molecule has 1 aliphatic heterocycles. The smallest absolute Gasteiger partial charge is 0.280 e. The number of anilines is 1. The Bertz CT molecular complexity index is 2490. The van der Waals surface area contributed by atoms with Gasteiger partial charge in [-0.25, -0.2) is 4.98 Å². The van der Waals surface area contributed by atoms with E-state index in [0.29, 0.717) is 29.8 Å². The van der Waals surface area contributed by atoms with Gasteiger partial charge < -0.3 is 34.2 Å². The summed E-state index contributed by atoms with van der Waals surface area (Å²) in [6.45, 7) is 22.6. The zero-order valence-electron chi connectivity index (χ0n) is 34.0. The summed E-state index contributed by atoms with van der Waals surface area (Å²) in [6.07, 6.45) is -3.30. The van der Waals surface area contributed by atoms with E-state index in [1.54, 1.807) is 10.9 Å². The fourth-order valence-corrected chi connectivity index (χ4v) is 10.3. The third-order valence-electron chi connectivity index (χ3n) is 13.2. The Hall–Kier alpha value is -3.74. The van der Waals surface area contributed by atoms with Crippen molar-refractivity contribution in [1.82, 2.24) is 19.5 Å². The number of benzene rings is 4. The van der Waals surface area contributed by atoms with Gasteiger partial charge in [-0.15, -0.1) is 0 Å². The lowest BCUT2D eigenvalue weighted by Crippen LogP contribution is -2.48. The lowest BCUT2D eigenvalue weighted by molar-refractivity contribution is -0.0767. The molecule has 12 nitrogen and oxygen atoms in total.